The summed E-state index contributed by atoms with van der Waals surface area (Å²) >= 11 is 0. The summed E-state index contributed by atoms with van der Waals surface area (Å²) in [6, 6.07) is 10.4. The highest BCUT2D eigenvalue weighted by atomic mass is 35.5. The van der Waals surface area contributed by atoms with Gasteiger partial charge in [-0.15, -0.1) is 12.4 Å². The predicted octanol–water partition coefficient (Wildman–Crippen LogP) is 2.05. The number of nitrogens with two attached hydrogens (primary N) is 1. The van der Waals surface area contributed by atoms with Crippen molar-refractivity contribution in [1.29, 1.82) is 0 Å². The molecule has 5 nitrogen and oxygen atoms in total. The highest BCUT2D eigenvalue weighted by Crippen LogP contribution is 2.24. The summed E-state index contributed by atoms with van der Waals surface area (Å²) in [4.78, 5) is 10.5. The van der Waals surface area contributed by atoms with Gasteiger partial charge in [-0.2, -0.15) is 0 Å². The molecule has 6 heteroatoms. The van der Waals surface area contributed by atoms with E-state index in [2.05, 4.69) is 39.1 Å². The molecule has 1 saturated heterocycles. The van der Waals surface area contributed by atoms with Gasteiger partial charge in [0.15, 0.2) is 0 Å². The fraction of sp³-hybridized carbons (Fsp3) is 0.333. The van der Waals surface area contributed by atoms with E-state index in [4.69, 9.17) is 10.5 Å². The van der Waals surface area contributed by atoms with Crippen molar-refractivity contribution in [2.75, 3.05) is 25.4 Å². The first-order valence-electron chi connectivity index (χ1n) is 6.76. The van der Waals surface area contributed by atoms with E-state index in [0.29, 0.717) is 12.3 Å². The molecule has 0 amide bonds. The van der Waals surface area contributed by atoms with Gasteiger partial charge in [0.05, 0.1) is 24.2 Å². The van der Waals surface area contributed by atoms with E-state index < -0.39 is 0 Å². The van der Waals surface area contributed by atoms with Gasteiger partial charge in [-0.05, 0) is 5.56 Å². The van der Waals surface area contributed by atoms with Crippen molar-refractivity contribution >= 4 is 18.1 Å². The van der Waals surface area contributed by atoms with Crippen LogP contribution in [0.3, 0.4) is 0 Å². The lowest BCUT2D eigenvalue weighted by atomic mass is 10.1. The molecule has 1 fully saturated rings. The number of aromatic nitrogens is 2. The zero-order valence-corrected chi connectivity index (χ0v) is 12.5. The van der Waals surface area contributed by atoms with E-state index in [1.807, 2.05) is 6.07 Å². The van der Waals surface area contributed by atoms with Crippen molar-refractivity contribution in [2.45, 2.75) is 12.6 Å². The maximum Gasteiger partial charge on any atom is 0.115 e. The molecule has 0 saturated carbocycles. The van der Waals surface area contributed by atoms with Crippen LogP contribution in [0.2, 0.25) is 0 Å². The Morgan fingerprint density at radius 1 is 1.29 bits per heavy atom. The lowest BCUT2D eigenvalue weighted by molar-refractivity contribution is -0.0346. The maximum absolute atomic E-state index is 5.93. The van der Waals surface area contributed by atoms with Crippen molar-refractivity contribution in [3.05, 3.63) is 54.1 Å². The summed E-state index contributed by atoms with van der Waals surface area (Å²) in [7, 11) is 0. The summed E-state index contributed by atoms with van der Waals surface area (Å²) in [5.41, 5.74) is 8.62. The molecule has 2 aromatic rings. The minimum absolute atomic E-state index is 0. The van der Waals surface area contributed by atoms with E-state index in [1.54, 1.807) is 6.20 Å². The molecule has 112 valence electrons. The number of halogens is 1. The quantitative estimate of drug-likeness (QED) is 0.940. The smallest absolute Gasteiger partial charge is 0.115 e. The van der Waals surface area contributed by atoms with E-state index in [1.165, 1.54) is 11.9 Å². The maximum atomic E-state index is 5.93. The summed E-state index contributed by atoms with van der Waals surface area (Å²) < 4.78 is 5.80. The van der Waals surface area contributed by atoms with Crippen LogP contribution in [0.5, 0.6) is 0 Å². The second-order valence-electron chi connectivity index (χ2n) is 4.94. The van der Waals surface area contributed by atoms with Crippen molar-refractivity contribution in [3.8, 4) is 0 Å². The topological polar surface area (TPSA) is 64.3 Å². The predicted molar refractivity (Wildman–Crippen MR) is 84.1 cm³/mol. The van der Waals surface area contributed by atoms with Gasteiger partial charge in [0.1, 0.15) is 12.4 Å². The molecule has 1 aliphatic rings. The molecule has 1 aromatic carbocycles. The highest BCUT2D eigenvalue weighted by molar-refractivity contribution is 5.85. The number of morpholine rings is 1. The van der Waals surface area contributed by atoms with Crippen LogP contribution in [0.4, 0.5) is 5.69 Å². The Morgan fingerprint density at radius 2 is 2.10 bits per heavy atom. The van der Waals surface area contributed by atoms with E-state index in [-0.39, 0.29) is 18.5 Å². The highest BCUT2D eigenvalue weighted by Gasteiger charge is 2.24. The van der Waals surface area contributed by atoms with Crippen molar-refractivity contribution in [2.24, 2.45) is 0 Å². The Kier molecular flexibility index (Phi) is 5.50. The Bertz CT molecular complexity index is 567. The van der Waals surface area contributed by atoms with Crippen LogP contribution in [0, 0.1) is 0 Å². The van der Waals surface area contributed by atoms with Gasteiger partial charge in [-0.1, -0.05) is 30.3 Å². The molecule has 1 aliphatic heterocycles. The van der Waals surface area contributed by atoms with Crippen molar-refractivity contribution < 1.29 is 4.74 Å². The fourth-order valence-corrected chi connectivity index (χ4v) is 2.47. The molecule has 0 radical (unpaired) electrons. The van der Waals surface area contributed by atoms with Crippen molar-refractivity contribution in [3.63, 3.8) is 0 Å². The number of hydrogen-bond donors (Lipinski definition) is 1. The van der Waals surface area contributed by atoms with E-state index in [0.717, 1.165) is 25.3 Å². The SMILES string of the molecule is Cl.Nc1cncnc1C1CN(Cc2ccccc2)CCO1. The molecule has 0 spiro atoms. The normalized spacial score (nSPS) is 19.0. The van der Waals surface area contributed by atoms with Gasteiger partial charge < -0.3 is 10.5 Å². The van der Waals surface area contributed by atoms with Gasteiger partial charge in [0.2, 0.25) is 0 Å². The van der Waals surface area contributed by atoms with Crippen LogP contribution < -0.4 is 5.73 Å². The summed E-state index contributed by atoms with van der Waals surface area (Å²) in [5.74, 6) is 0. The standard InChI is InChI=1S/C15H18N4O.ClH/c16-13-8-17-11-18-15(13)14-10-19(6-7-20-14)9-12-4-2-1-3-5-12;/h1-5,8,11,14H,6-7,9-10,16H2;1H. The van der Waals surface area contributed by atoms with E-state index in [9.17, 15) is 0 Å². The average Bonchev–Trinajstić information content (AvgIpc) is 2.49. The molecule has 2 heterocycles. The lowest BCUT2D eigenvalue weighted by Crippen LogP contribution is -2.38. The van der Waals surface area contributed by atoms with Gasteiger partial charge in [-0.3, -0.25) is 4.90 Å². The largest absolute Gasteiger partial charge is 0.396 e. The second kappa shape index (κ2) is 7.36. The monoisotopic (exact) mass is 306 g/mol. The third kappa shape index (κ3) is 3.91. The number of benzene rings is 1. The number of anilines is 1. The molecule has 1 unspecified atom stereocenters. The molecule has 1 atom stereocenters. The van der Waals surface area contributed by atoms with Crippen LogP contribution in [0.1, 0.15) is 17.4 Å². The Morgan fingerprint density at radius 3 is 2.86 bits per heavy atom. The van der Waals surface area contributed by atoms with Crippen LogP contribution in [-0.2, 0) is 11.3 Å². The summed E-state index contributed by atoms with van der Waals surface area (Å²) in [6.07, 6.45) is 3.07. The first kappa shape index (κ1) is 15.7. The van der Waals surface area contributed by atoms with Crippen molar-refractivity contribution in [1.82, 2.24) is 14.9 Å². The zero-order valence-electron chi connectivity index (χ0n) is 11.7. The fourth-order valence-electron chi connectivity index (χ4n) is 2.47. The minimum atomic E-state index is -0.0736. The molecule has 2 N–H and O–H groups in total. The van der Waals surface area contributed by atoms with Crippen LogP contribution in [0.15, 0.2) is 42.9 Å². The zero-order chi connectivity index (χ0) is 13.8. The molecule has 0 bridgehead atoms. The van der Waals surface area contributed by atoms with Gasteiger partial charge in [0, 0.05) is 19.6 Å². The summed E-state index contributed by atoms with van der Waals surface area (Å²) in [5, 5.41) is 0. The minimum Gasteiger partial charge on any atom is -0.396 e. The molecular weight excluding hydrogens is 288 g/mol. The van der Waals surface area contributed by atoms with Gasteiger partial charge in [0.25, 0.3) is 0 Å². The molecule has 1 aromatic heterocycles. The van der Waals surface area contributed by atoms with E-state index >= 15 is 0 Å². The average molecular weight is 307 g/mol. The van der Waals surface area contributed by atoms with Crippen LogP contribution >= 0.6 is 12.4 Å². The lowest BCUT2D eigenvalue weighted by Gasteiger charge is -2.32. The van der Waals surface area contributed by atoms with Crippen LogP contribution in [0.25, 0.3) is 0 Å². The number of rotatable bonds is 3. The number of ether oxygens (including phenoxy) is 1. The second-order valence-corrected chi connectivity index (χ2v) is 4.94. The van der Waals surface area contributed by atoms with Crippen LogP contribution in [-0.4, -0.2) is 34.6 Å². The van der Waals surface area contributed by atoms with Gasteiger partial charge in [-0.25, -0.2) is 9.97 Å². The Hall–Kier alpha value is -1.69. The first-order valence-corrected chi connectivity index (χ1v) is 6.76. The third-order valence-electron chi connectivity index (χ3n) is 3.48. The Balaban J connectivity index is 0.00000161. The molecular formula is C15H19ClN4O. The third-order valence-corrected chi connectivity index (χ3v) is 3.48. The number of nitrogen functional groups attached to an aromatic ring is 1. The summed E-state index contributed by atoms with van der Waals surface area (Å²) in [6.45, 7) is 3.35. The molecule has 3 rings (SSSR count). The first-order chi connectivity index (χ1) is 9.83. The number of nitrogens with zero attached hydrogens (tertiary/aromatic N) is 3. The molecule has 0 aliphatic carbocycles. The Labute approximate surface area is 130 Å². The molecule has 21 heavy (non-hydrogen) atoms. The van der Waals surface area contributed by atoms with Gasteiger partial charge >= 0.3 is 0 Å². The number of hydrogen-bond acceptors (Lipinski definition) is 5.